The lowest BCUT2D eigenvalue weighted by atomic mass is 9.98. The topological polar surface area (TPSA) is 46.6 Å². The molecule has 1 aliphatic rings. The third-order valence-electron chi connectivity index (χ3n) is 3.68. The molecule has 4 nitrogen and oxygen atoms in total. The Balaban J connectivity index is 2.20. The predicted molar refractivity (Wildman–Crippen MR) is 84.5 cm³/mol. The van der Waals surface area contributed by atoms with Crippen molar-refractivity contribution >= 4 is 39.4 Å². The monoisotopic (exact) mass is 373 g/mol. The van der Waals surface area contributed by atoms with E-state index in [2.05, 4.69) is 15.9 Å². The third kappa shape index (κ3) is 3.98. The number of hydrogen-bond donors (Lipinski definition) is 0. The molecule has 0 bridgehead atoms. The Morgan fingerprint density at radius 2 is 2.19 bits per heavy atom. The van der Waals surface area contributed by atoms with E-state index in [0.717, 1.165) is 19.3 Å². The summed E-state index contributed by atoms with van der Waals surface area (Å²) in [5, 5.41) is 0.572. The van der Waals surface area contributed by atoms with Gasteiger partial charge in [0.1, 0.15) is 0 Å². The summed E-state index contributed by atoms with van der Waals surface area (Å²) in [7, 11) is 1.37. The smallest absolute Gasteiger partial charge is 0.307 e. The molecule has 114 valence electrons. The van der Waals surface area contributed by atoms with Crippen molar-refractivity contribution in [3.63, 3.8) is 0 Å². The van der Waals surface area contributed by atoms with Gasteiger partial charge in [0.15, 0.2) is 0 Å². The molecule has 21 heavy (non-hydrogen) atoms. The Bertz CT molecular complexity index is 550. The van der Waals surface area contributed by atoms with Crippen LogP contribution in [-0.2, 0) is 9.53 Å². The van der Waals surface area contributed by atoms with E-state index < -0.39 is 0 Å². The summed E-state index contributed by atoms with van der Waals surface area (Å²) >= 11 is 9.28. The summed E-state index contributed by atoms with van der Waals surface area (Å²) < 4.78 is 5.39. The molecule has 1 heterocycles. The molecule has 1 amide bonds. The van der Waals surface area contributed by atoms with Gasteiger partial charge in [0, 0.05) is 22.1 Å². The van der Waals surface area contributed by atoms with Crippen molar-refractivity contribution in [2.24, 2.45) is 0 Å². The second-order valence-corrected chi connectivity index (χ2v) is 6.34. The summed E-state index contributed by atoms with van der Waals surface area (Å²) in [6, 6.07) is 5.01. The van der Waals surface area contributed by atoms with Crippen LogP contribution in [-0.4, -0.2) is 36.5 Å². The molecule has 1 aliphatic heterocycles. The van der Waals surface area contributed by atoms with E-state index in [0.29, 0.717) is 21.6 Å². The lowest BCUT2D eigenvalue weighted by Crippen LogP contribution is -2.45. The first-order valence-electron chi connectivity index (χ1n) is 6.85. The Morgan fingerprint density at radius 1 is 1.43 bits per heavy atom. The van der Waals surface area contributed by atoms with E-state index in [1.807, 2.05) is 0 Å². The van der Waals surface area contributed by atoms with Crippen LogP contribution in [0.2, 0.25) is 5.02 Å². The van der Waals surface area contributed by atoms with Crippen LogP contribution in [0.15, 0.2) is 22.7 Å². The van der Waals surface area contributed by atoms with Crippen molar-refractivity contribution in [3.05, 3.63) is 33.3 Å². The average Bonchev–Trinajstić information content (AvgIpc) is 2.47. The SMILES string of the molecule is COC(=O)CC1CCCCN1C(=O)c1ccc(Cl)cc1Br. The Kier molecular flexibility index (Phi) is 5.65. The normalized spacial score (nSPS) is 18.4. The number of methoxy groups -OCH3 is 1. The number of halogens is 2. The fourth-order valence-corrected chi connectivity index (χ4v) is 3.43. The van der Waals surface area contributed by atoms with E-state index >= 15 is 0 Å². The van der Waals surface area contributed by atoms with Crippen LogP contribution >= 0.6 is 27.5 Å². The van der Waals surface area contributed by atoms with Crippen molar-refractivity contribution in [1.82, 2.24) is 4.90 Å². The van der Waals surface area contributed by atoms with Gasteiger partial charge >= 0.3 is 5.97 Å². The van der Waals surface area contributed by atoms with Gasteiger partial charge in [-0.2, -0.15) is 0 Å². The first-order valence-corrected chi connectivity index (χ1v) is 8.03. The molecule has 6 heteroatoms. The van der Waals surface area contributed by atoms with Gasteiger partial charge in [-0.25, -0.2) is 0 Å². The third-order valence-corrected chi connectivity index (χ3v) is 4.57. The average molecular weight is 375 g/mol. The number of carbonyl (C=O) groups is 2. The van der Waals surface area contributed by atoms with Gasteiger partial charge < -0.3 is 9.64 Å². The fraction of sp³-hybridized carbons (Fsp3) is 0.467. The van der Waals surface area contributed by atoms with Gasteiger partial charge in [0.25, 0.3) is 5.91 Å². The molecule has 1 fully saturated rings. The van der Waals surface area contributed by atoms with Gasteiger partial charge in [0.05, 0.1) is 19.1 Å². The van der Waals surface area contributed by atoms with Gasteiger partial charge in [-0.1, -0.05) is 11.6 Å². The fourth-order valence-electron chi connectivity index (χ4n) is 2.57. The van der Waals surface area contributed by atoms with Gasteiger partial charge in [0.2, 0.25) is 0 Å². The highest BCUT2D eigenvalue weighted by Gasteiger charge is 2.30. The number of amides is 1. The lowest BCUT2D eigenvalue weighted by Gasteiger charge is -2.35. The molecular weight excluding hydrogens is 358 g/mol. The second kappa shape index (κ2) is 7.27. The molecule has 1 saturated heterocycles. The zero-order valence-corrected chi connectivity index (χ0v) is 14.1. The van der Waals surface area contributed by atoms with E-state index in [1.54, 1.807) is 23.1 Å². The summed E-state index contributed by atoms with van der Waals surface area (Å²) in [6.45, 7) is 0.662. The molecule has 0 N–H and O–H groups in total. The molecule has 1 aromatic carbocycles. The van der Waals surface area contributed by atoms with Crippen LogP contribution in [0.4, 0.5) is 0 Å². The molecule has 1 aromatic rings. The molecule has 0 spiro atoms. The van der Waals surface area contributed by atoms with Gasteiger partial charge in [-0.3, -0.25) is 9.59 Å². The number of benzene rings is 1. The van der Waals surface area contributed by atoms with Crippen molar-refractivity contribution in [2.45, 2.75) is 31.7 Å². The molecule has 0 aromatic heterocycles. The van der Waals surface area contributed by atoms with Gasteiger partial charge in [-0.05, 0) is 53.4 Å². The number of hydrogen-bond acceptors (Lipinski definition) is 3. The Labute approximate surface area is 137 Å². The Morgan fingerprint density at radius 3 is 2.86 bits per heavy atom. The molecular formula is C15H17BrClNO3. The number of piperidine rings is 1. The quantitative estimate of drug-likeness (QED) is 0.759. The number of ether oxygens (including phenoxy) is 1. The summed E-state index contributed by atoms with van der Waals surface area (Å²) in [4.78, 5) is 26.0. The minimum atomic E-state index is -0.283. The largest absolute Gasteiger partial charge is 0.469 e. The van der Waals surface area contributed by atoms with Gasteiger partial charge in [-0.15, -0.1) is 0 Å². The number of likely N-dealkylation sites (tertiary alicyclic amines) is 1. The highest BCUT2D eigenvalue weighted by Crippen LogP contribution is 2.27. The zero-order valence-electron chi connectivity index (χ0n) is 11.8. The van der Waals surface area contributed by atoms with Crippen LogP contribution < -0.4 is 0 Å². The van der Waals surface area contributed by atoms with Crippen LogP contribution in [0, 0.1) is 0 Å². The predicted octanol–water partition coefficient (Wildman–Crippen LogP) is 3.66. The molecule has 0 saturated carbocycles. The maximum atomic E-state index is 12.7. The van der Waals surface area contributed by atoms with E-state index in [4.69, 9.17) is 16.3 Å². The highest BCUT2D eigenvalue weighted by molar-refractivity contribution is 9.10. The number of nitrogens with zero attached hydrogens (tertiary/aromatic N) is 1. The van der Waals surface area contributed by atoms with E-state index in [1.165, 1.54) is 7.11 Å². The van der Waals surface area contributed by atoms with Crippen molar-refractivity contribution in [2.75, 3.05) is 13.7 Å². The molecule has 1 unspecified atom stereocenters. The minimum Gasteiger partial charge on any atom is -0.469 e. The molecule has 2 rings (SSSR count). The first kappa shape index (κ1) is 16.3. The standard InChI is InChI=1S/C15H17BrClNO3/c1-21-14(19)9-11-4-2-3-7-18(11)15(20)12-6-5-10(17)8-13(12)16/h5-6,8,11H,2-4,7,9H2,1H3. The summed E-state index contributed by atoms with van der Waals surface area (Å²) in [5.74, 6) is -0.359. The highest BCUT2D eigenvalue weighted by atomic mass is 79.9. The number of esters is 1. The van der Waals surface area contributed by atoms with E-state index in [-0.39, 0.29) is 24.3 Å². The summed E-state index contributed by atoms with van der Waals surface area (Å²) in [6.07, 6.45) is 3.04. The lowest BCUT2D eigenvalue weighted by molar-refractivity contribution is -0.142. The second-order valence-electron chi connectivity index (χ2n) is 5.05. The van der Waals surface area contributed by atoms with Crippen molar-refractivity contribution in [1.29, 1.82) is 0 Å². The first-order chi connectivity index (χ1) is 10.0. The maximum Gasteiger partial charge on any atom is 0.307 e. The molecule has 1 atom stereocenters. The van der Waals surface area contributed by atoms with Crippen molar-refractivity contribution < 1.29 is 14.3 Å². The van der Waals surface area contributed by atoms with Crippen LogP contribution in [0.5, 0.6) is 0 Å². The molecule has 0 radical (unpaired) electrons. The zero-order chi connectivity index (χ0) is 15.4. The van der Waals surface area contributed by atoms with Crippen molar-refractivity contribution in [3.8, 4) is 0 Å². The van der Waals surface area contributed by atoms with Crippen LogP contribution in [0.3, 0.4) is 0 Å². The summed E-state index contributed by atoms with van der Waals surface area (Å²) in [5.41, 5.74) is 0.566. The van der Waals surface area contributed by atoms with Crippen LogP contribution in [0.1, 0.15) is 36.0 Å². The van der Waals surface area contributed by atoms with Crippen LogP contribution in [0.25, 0.3) is 0 Å². The Hall–Kier alpha value is -1.07. The minimum absolute atomic E-state index is 0.0767. The maximum absolute atomic E-state index is 12.7. The number of carbonyl (C=O) groups excluding carboxylic acids is 2. The number of rotatable bonds is 3. The molecule has 0 aliphatic carbocycles. The van der Waals surface area contributed by atoms with E-state index in [9.17, 15) is 9.59 Å².